The molecule has 1 N–H and O–H groups in total. The van der Waals surface area contributed by atoms with Crippen LogP contribution in [-0.2, 0) is 21.2 Å². The Morgan fingerprint density at radius 2 is 1.83 bits per heavy atom. The number of hydrogen-bond donors (Lipinski definition) is 1. The van der Waals surface area contributed by atoms with Gasteiger partial charge in [-0.25, -0.2) is 12.7 Å². The van der Waals surface area contributed by atoms with Crippen molar-refractivity contribution in [2.45, 2.75) is 63.0 Å². The molecule has 3 rings (SSSR count). The molecule has 5 nitrogen and oxygen atoms in total. The molecule has 1 saturated heterocycles. The second-order valence-electron chi connectivity index (χ2n) is 8.52. The number of nitrogens with zero attached hydrogens (tertiary/aromatic N) is 1. The maximum Gasteiger partial charge on any atom is 0.224 e. The lowest BCUT2D eigenvalue weighted by atomic mass is 9.99. The highest BCUT2D eigenvalue weighted by Gasteiger charge is 2.31. The van der Waals surface area contributed by atoms with E-state index in [9.17, 15) is 13.2 Å². The minimum atomic E-state index is -3.31. The zero-order chi connectivity index (χ0) is 21.2. The number of rotatable bonds is 10. The van der Waals surface area contributed by atoms with Crippen LogP contribution in [-0.4, -0.2) is 55.0 Å². The normalized spacial score (nSPS) is 21.4. The molecule has 1 amide bonds. The fraction of sp³-hybridized carbons (Fsp3) is 0.696. The summed E-state index contributed by atoms with van der Waals surface area (Å²) in [6, 6.07) is 9.98. The molecule has 0 bridgehead atoms. The Hall–Kier alpha value is -1.05. The van der Waals surface area contributed by atoms with Crippen molar-refractivity contribution < 1.29 is 13.2 Å². The minimum absolute atomic E-state index is 0.0171. The molecule has 0 unspecified atom stereocenters. The van der Waals surface area contributed by atoms with Crippen molar-refractivity contribution in [3.63, 3.8) is 0 Å². The highest BCUT2D eigenvalue weighted by Crippen LogP contribution is 2.27. The summed E-state index contributed by atoms with van der Waals surface area (Å²) in [5.41, 5.74) is 1.16. The lowest BCUT2D eigenvalue weighted by Crippen LogP contribution is -2.46. The second-order valence-corrected chi connectivity index (χ2v) is 12.0. The molecule has 1 aliphatic heterocycles. The van der Waals surface area contributed by atoms with Crippen LogP contribution in [0.1, 0.15) is 56.9 Å². The third-order valence-corrected chi connectivity index (χ3v) is 9.47. The molecule has 0 spiro atoms. The van der Waals surface area contributed by atoms with Crippen molar-refractivity contribution in [3.8, 4) is 0 Å². The molecule has 2 aliphatic rings. The molecular formula is C23H36N2O3S2. The lowest BCUT2D eigenvalue weighted by molar-refractivity contribution is -0.125. The van der Waals surface area contributed by atoms with E-state index < -0.39 is 10.0 Å². The molecule has 1 atom stereocenters. The summed E-state index contributed by atoms with van der Waals surface area (Å²) in [6.07, 6.45) is 9.54. The average molecular weight is 453 g/mol. The van der Waals surface area contributed by atoms with Gasteiger partial charge >= 0.3 is 0 Å². The van der Waals surface area contributed by atoms with Crippen molar-refractivity contribution >= 4 is 27.7 Å². The van der Waals surface area contributed by atoms with E-state index >= 15 is 0 Å². The molecule has 1 aromatic rings. The third-order valence-electron chi connectivity index (χ3n) is 6.17. The van der Waals surface area contributed by atoms with E-state index in [-0.39, 0.29) is 17.6 Å². The van der Waals surface area contributed by atoms with Gasteiger partial charge in [-0.1, -0.05) is 49.6 Å². The van der Waals surface area contributed by atoms with Crippen LogP contribution in [0.25, 0.3) is 0 Å². The van der Waals surface area contributed by atoms with Gasteiger partial charge in [-0.3, -0.25) is 4.79 Å². The molecule has 1 aromatic carbocycles. The summed E-state index contributed by atoms with van der Waals surface area (Å²) in [7, 11) is -3.31. The molecule has 1 heterocycles. The summed E-state index contributed by atoms with van der Waals surface area (Å²) in [4.78, 5) is 12.6. The summed E-state index contributed by atoms with van der Waals surface area (Å²) in [5.74, 6) is 0.893. The number of aryl methyl sites for hydroxylation is 1. The number of carbonyl (C=O) groups excluding carboxylic acids is 1. The monoisotopic (exact) mass is 452 g/mol. The number of thioether (sulfide) groups is 1. The number of hydrogen-bond acceptors (Lipinski definition) is 4. The van der Waals surface area contributed by atoms with Crippen molar-refractivity contribution in [1.29, 1.82) is 0 Å². The van der Waals surface area contributed by atoms with Gasteiger partial charge in [0, 0.05) is 30.6 Å². The number of nitrogens with one attached hydrogen (secondary N) is 1. The molecular weight excluding hydrogens is 416 g/mol. The van der Waals surface area contributed by atoms with E-state index in [1.807, 2.05) is 42.1 Å². The first-order valence-electron chi connectivity index (χ1n) is 11.5. The van der Waals surface area contributed by atoms with Gasteiger partial charge in [0.25, 0.3) is 0 Å². The van der Waals surface area contributed by atoms with E-state index in [0.29, 0.717) is 26.1 Å². The van der Waals surface area contributed by atoms with Crippen LogP contribution in [0.2, 0.25) is 0 Å². The summed E-state index contributed by atoms with van der Waals surface area (Å²) >= 11 is 1.98. The van der Waals surface area contributed by atoms with E-state index in [1.54, 1.807) is 4.31 Å². The van der Waals surface area contributed by atoms with Gasteiger partial charge in [0.15, 0.2) is 0 Å². The highest BCUT2D eigenvalue weighted by molar-refractivity contribution is 7.99. The van der Waals surface area contributed by atoms with Gasteiger partial charge < -0.3 is 5.32 Å². The molecule has 1 aliphatic carbocycles. The number of carbonyl (C=O) groups is 1. The van der Waals surface area contributed by atoms with Crippen LogP contribution in [0.4, 0.5) is 0 Å². The largest absolute Gasteiger partial charge is 0.355 e. The van der Waals surface area contributed by atoms with Gasteiger partial charge in [0.05, 0.1) is 11.7 Å². The zero-order valence-electron chi connectivity index (χ0n) is 17.9. The summed E-state index contributed by atoms with van der Waals surface area (Å²) in [6.45, 7) is 1.55. The number of amides is 1. The van der Waals surface area contributed by atoms with Gasteiger partial charge in [-0.15, -0.1) is 0 Å². The quantitative estimate of drug-likeness (QED) is 0.548. The van der Waals surface area contributed by atoms with E-state index in [2.05, 4.69) is 5.32 Å². The first-order valence-corrected chi connectivity index (χ1v) is 14.1. The molecule has 30 heavy (non-hydrogen) atoms. The molecule has 168 valence electrons. The lowest BCUT2D eigenvalue weighted by Gasteiger charge is -2.31. The molecule has 0 radical (unpaired) electrons. The average Bonchev–Trinajstić information content (AvgIpc) is 2.78. The first-order chi connectivity index (χ1) is 14.5. The molecule has 0 aromatic heterocycles. The Kier molecular flexibility index (Phi) is 9.53. The Labute approximate surface area is 186 Å². The molecule has 2 fully saturated rings. The first kappa shape index (κ1) is 23.6. The number of piperidine rings is 1. The van der Waals surface area contributed by atoms with Gasteiger partial charge in [-0.05, 0) is 44.1 Å². The summed E-state index contributed by atoms with van der Waals surface area (Å²) < 4.78 is 27.1. The maximum absolute atomic E-state index is 12.8. The minimum Gasteiger partial charge on any atom is -0.355 e. The Morgan fingerprint density at radius 3 is 2.60 bits per heavy atom. The van der Waals surface area contributed by atoms with Gasteiger partial charge in [0.1, 0.15) is 0 Å². The SMILES string of the molecule is O=C(NCCSC1CCCCC1)[C@H]1CCCN(S(=O)(=O)CCCc2ccccc2)C1. The van der Waals surface area contributed by atoms with Crippen LogP contribution in [0.15, 0.2) is 30.3 Å². The van der Waals surface area contributed by atoms with Gasteiger partial charge in [0.2, 0.25) is 15.9 Å². The van der Waals surface area contributed by atoms with Crippen LogP contribution in [0.5, 0.6) is 0 Å². The van der Waals surface area contributed by atoms with Crippen LogP contribution < -0.4 is 5.32 Å². The zero-order valence-corrected chi connectivity index (χ0v) is 19.6. The fourth-order valence-corrected chi connectivity index (χ4v) is 7.22. The smallest absolute Gasteiger partial charge is 0.224 e. The van der Waals surface area contributed by atoms with Crippen molar-refractivity contribution in [2.24, 2.45) is 5.92 Å². The maximum atomic E-state index is 12.8. The topological polar surface area (TPSA) is 66.5 Å². The van der Waals surface area contributed by atoms with Crippen molar-refractivity contribution in [1.82, 2.24) is 9.62 Å². The van der Waals surface area contributed by atoms with E-state index in [4.69, 9.17) is 0 Å². The summed E-state index contributed by atoms with van der Waals surface area (Å²) in [5, 5.41) is 3.80. The van der Waals surface area contributed by atoms with Crippen molar-refractivity contribution in [3.05, 3.63) is 35.9 Å². The van der Waals surface area contributed by atoms with E-state index in [0.717, 1.165) is 35.8 Å². The van der Waals surface area contributed by atoms with Gasteiger partial charge in [-0.2, -0.15) is 11.8 Å². The number of benzene rings is 1. The third kappa shape index (κ3) is 7.57. The number of sulfonamides is 1. The second kappa shape index (κ2) is 12.1. The standard InChI is InChI=1S/C23H36N2O3S2/c26-23(24-15-17-29-22-13-5-2-6-14-22)21-12-7-16-25(19-21)30(27,28)18-8-11-20-9-3-1-4-10-20/h1,3-4,9-10,21-22H,2,5-8,11-19H2,(H,24,26)/t21-/m0/s1. The predicted octanol–water partition coefficient (Wildman–Crippen LogP) is 3.84. The molecule has 1 saturated carbocycles. The fourth-order valence-electron chi connectivity index (χ4n) is 4.42. The van der Waals surface area contributed by atoms with E-state index in [1.165, 1.54) is 32.1 Å². The van der Waals surface area contributed by atoms with Crippen LogP contribution in [0.3, 0.4) is 0 Å². The Balaban J connectivity index is 1.38. The highest BCUT2D eigenvalue weighted by atomic mass is 32.2. The molecule has 7 heteroatoms. The van der Waals surface area contributed by atoms with Crippen LogP contribution >= 0.6 is 11.8 Å². The Morgan fingerprint density at radius 1 is 1.07 bits per heavy atom. The van der Waals surface area contributed by atoms with Crippen molar-refractivity contribution in [2.75, 3.05) is 31.1 Å². The van der Waals surface area contributed by atoms with Crippen LogP contribution in [0, 0.1) is 5.92 Å². The predicted molar refractivity (Wildman–Crippen MR) is 125 cm³/mol. The Bertz CT molecular complexity index is 749.